The molecule has 1 aromatic carbocycles. The standard InChI is InChI=1S/C12H13FO3/c1-8(2)5-6-16-9-3-4-10(12(14)15)11(13)7-9/h3-4,7H,1,5-6H2,2H3,(H,14,15). The van der Waals surface area contributed by atoms with Crippen molar-refractivity contribution in [3.05, 3.63) is 41.7 Å². The quantitative estimate of drug-likeness (QED) is 0.782. The minimum Gasteiger partial charge on any atom is -0.493 e. The molecule has 0 fully saturated rings. The van der Waals surface area contributed by atoms with Crippen LogP contribution < -0.4 is 4.74 Å². The minimum atomic E-state index is -1.29. The molecule has 1 N–H and O–H groups in total. The molecule has 16 heavy (non-hydrogen) atoms. The molecule has 0 saturated heterocycles. The van der Waals surface area contributed by atoms with E-state index in [2.05, 4.69) is 6.58 Å². The normalized spacial score (nSPS) is 9.88. The maximum Gasteiger partial charge on any atom is 0.338 e. The molecule has 0 heterocycles. The molecule has 0 spiro atoms. The molecule has 0 bridgehead atoms. The highest BCUT2D eigenvalue weighted by molar-refractivity contribution is 5.88. The van der Waals surface area contributed by atoms with Gasteiger partial charge < -0.3 is 9.84 Å². The zero-order valence-corrected chi connectivity index (χ0v) is 9.00. The van der Waals surface area contributed by atoms with Gasteiger partial charge in [-0.25, -0.2) is 9.18 Å². The predicted molar refractivity (Wildman–Crippen MR) is 58.3 cm³/mol. The third-order valence-corrected chi connectivity index (χ3v) is 1.97. The summed E-state index contributed by atoms with van der Waals surface area (Å²) in [5.74, 6) is -1.75. The lowest BCUT2D eigenvalue weighted by molar-refractivity contribution is 0.0692. The summed E-state index contributed by atoms with van der Waals surface area (Å²) in [5.41, 5.74) is 0.620. The summed E-state index contributed by atoms with van der Waals surface area (Å²) in [7, 11) is 0. The van der Waals surface area contributed by atoms with E-state index in [-0.39, 0.29) is 5.56 Å². The summed E-state index contributed by atoms with van der Waals surface area (Å²) in [6, 6.07) is 3.70. The predicted octanol–water partition coefficient (Wildman–Crippen LogP) is 2.87. The van der Waals surface area contributed by atoms with Crippen LogP contribution in [0, 0.1) is 5.82 Å². The van der Waals surface area contributed by atoms with Gasteiger partial charge in [0.25, 0.3) is 0 Å². The summed E-state index contributed by atoms with van der Waals surface area (Å²) in [5, 5.41) is 8.61. The Bertz CT molecular complexity index is 413. The number of halogens is 1. The summed E-state index contributed by atoms with van der Waals surface area (Å²) < 4.78 is 18.4. The van der Waals surface area contributed by atoms with E-state index in [9.17, 15) is 9.18 Å². The van der Waals surface area contributed by atoms with Crippen molar-refractivity contribution in [2.45, 2.75) is 13.3 Å². The molecular weight excluding hydrogens is 211 g/mol. The lowest BCUT2D eigenvalue weighted by Gasteiger charge is -2.06. The number of carboxylic acid groups (broad SMARTS) is 1. The van der Waals surface area contributed by atoms with Crippen molar-refractivity contribution in [3.63, 3.8) is 0 Å². The maximum atomic E-state index is 13.2. The molecule has 4 heteroatoms. The molecule has 0 atom stereocenters. The summed E-state index contributed by atoms with van der Waals surface area (Å²) in [6.45, 7) is 5.99. The maximum absolute atomic E-state index is 13.2. The Kier molecular flexibility index (Phi) is 4.05. The van der Waals surface area contributed by atoms with E-state index in [1.54, 1.807) is 0 Å². The van der Waals surface area contributed by atoms with Crippen LogP contribution in [-0.4, -0.2) is 17.7 Å². The SMILES string of the molecule is C=C(C)CCOc1ccc(C(=O)O)c(F)c1. The van der Waals surface area contributed by atoms with Gasteiger partial charge in [0, 0.05) is 12.5 Å². The van der Waals surface area contributed by atoms with Crippen molar-refractivity contribution >= 4 is 5.97 Å². The fourth-order valence-electron chi connectivity index (χ4n) is 1.10. The van der Waals surface area contributed by atoms with Crippen LogP contribution in [0.2, 0.25) is 0 Å². The molecule has 0 aliphatic heterocycles. The molecule has 86 valence electrons. The van der Waals surface area contributed by atoms with Crippen LogP contribution in [0.25, 0.3) is 0 Å². The summed E-state index contributed by atoms with van der Waals surface area (Å²) in [6.07, 6.45) is 0.683. The Morgan fingerprint density at radius 1 is 1.56 bits per heavy atom. The first kappa shape index (κ1) is 12.2. The van der Waals surface area contributed by atoms with Crippen LogP contribution >= 0.6 is 0 Å². The van der Waals surface area contributed by atoms with Gasteiger partial charge in [-0.1, -0.05) is 5.57 Å². The van der Waals surface area contributed by atoms with E-state index in [0.29, 0.717) is 18.8 Å². The van der Waals surface area contributed by atoms with Crippen molar-refractivity contribution < 1.29 is 19.0 Å². The van der Waals surface area contributed by atoms with Crippen molar-refractivity contribution in [1.82, 2.24) is 0 Å². The van der Waals surface area contributed by atoms with Crippen molar-refractivity contribution in [2.75, 3.05) is 6.61 Å². The van der Waals surface area contributed by atoms with E-state index in [1.807, 2.05) is 6.92 Å². The molecule has 3 nitrogen and oxygen atoms in total. The van der Waals surface area contributed by atoms with Gasteiger partial charge in [0.2, 0.25) is 0 Å². The van der Waals surface area contributed by atoms with E-state index in [0.717, 1.165) is 11.6 Å². The largest absolute Gasteiger partial charge is 0.493 e. The molecule has 0 aromatic heterocycles. The van der Waals surface area contributed by atoms with Gasteiger partial charge in [-0.2, -0.15) is 0 Å². The van der Waals surface area contributed by atoms with Crippen LogP contribution in [0.1, 0.15) is 23.7 Å². The number of hydrogen-bond donors (Lipinski definition) is 1. The number of hydrogen-bond acceptors (Lipinski definition) is 2. The number of carbonyl (C=O) groups is 1. The average Bonchev–Trinajstić information content (AvgIpc) is 2.16. The number of carboxylic acids is 1. The zero-order chi connectivity index (χ0) is 12.1. The second-order valence-electron chi connectivity index (χ2n) is 3.50. The summed E-state index contributed by atoms with van der Waals surface area (Å²) >= 11 is 0. The highest BCUT2D eigenvalue weighted by Gasteiger charge is 2.10. The molecule has 1 rings (SSSR count). The van der Waals surface area contributed by atoms with Gasteiger partial charge in [0.1, 0.15) is 11.6 Å². The zero-order valence-electron chi connectivity index (χ0n) is 9.00. The molecule has 0 aliphatic carbocycles. The fraction of sp³-hybridized carbons (Fsp3) is 0.250. The van der Waals surface area contributed by atoms with Gasteiger partial charge >= 0.3 is 5.97 Å². The van der Waals surface area contributed by atoms with Gasteiger partial charge in [-0.3, -0.25) is 0 Å². The van der Waals surface area contributed by atoms with Gasteiger partial charge in [0.05, 0.1) is 12.2 Å². The van der Waals surface area contributed by atoms with E-state index in [4.69, 9.17) is 9.84 Å². The van der Waals surface area contributed by atoms with Crippen LogP contribution in [0.4, 0.5) is 4.39 Å². The lowest BCUT2D eigenvalue weighted by Crippen LogP contribution is -2.02. The third-order valence-electron chi connectivity index (χ3n) is 1.97. The first-order valence-electron chi connectivity index (χ1n) is 4.80. The number of rotatable bonds is 5. The molecule has 0 amide bonds. The van der Waals surface area contributed by atoms with Crippen LogP contribution in [0.3, 0.4) is 0 Å². The van der Waals surface area contributed by atoms with Crippen molar-refractivity contribution in [1.29, 1.82) is 0 Å². The first-order valence-corrected chi connectivity index (χ1v) is 4.80. The monoisotopic (exact) mass is 224 g/mol. The third kappa shape index (κ3) is 3.38. The second kappa shape index (κ2) is 5.30. The van der Waals surface area contributed by atoms with Crippen LogP contribution in [0.5, 0.6) is 5.75 Å². The average molecular weight is 224 g/mol. The molecule has 0 saturated carbocycles. The lowest BCUT2D eigenvalue weighted by atomic mass is 10.2. The highest BCUT2D eigenvalue weighted by Crippen LogP contribution is 2.17. The van der Waals surface area contributed by atoms with Gasteiger partial charge in [-0.05, 0) is 19.1 Å². The second-order valence-corrected chi connectivity index (χ2v) is 3.50. The highest BCUT2D eigenvalue weighted by atomic mass is 19.1. The Morgan fingerprint density at radius 3 is 2.75 bits per heavy atom. The summed E-state index contributed by atoms with van der Waals surface area (Å²) in [4.78, 5) is 10.5. The van der Waals surface area contributed by atoms with E-state index in [1.165, 1.54) is 12.1 Å². The molecule has 0 unspecified atom stereocenters. The Balaban J connectivity index is 2.66. The smallest absolute Gasteiger partial charge is 0.338 e. The van der Waals surface area contributed by atoms with Gasteiger partial charge in [0.15, 0.2) is 0 Å². The van der Waals surface area contributed by atoms with Crippen molar-refractivity contribution in [3.8, 4) is 5.75 Å². The number of aromatic carboxylic acids is 1. The Morgan fingerprint density at radius 2 is 2.25 bits per heavy atom. The van der Waals surface area contributed by atoms with Crippen LogP contribution in [-0.2, 0) is 0 Å². The minimum absolute atomic E-state index is 0.323. The fourth-order valence-corrected chi connectivity index (χ4v) is 1.10. The Hall–Kier alpha value is -1.84. The van der Waals surface area contributed by atoms with Gasteiger partial charge in [-0.15, -0.1) is 6.58 Å². The molecule has 0 radical (unpaired) electrons. The Labute approximate surface area is 93.2 Å². The van der Waals surface area contributed by atoms with Crippen molar-refractivity contribution in [2.24, 2.45) is 0 Å². The molecule has 0 aliphatic rings. The van der Waals surface area contributed by atoms with Crippen LogP contribution in [0.15, 0.2) is 30.4 Å². The number of benzene rings is 1. The van der Waals surface area contributed by atoms with E-state index < -0.39 is 11.8 Å². The number of ether oxygens (including phenoxy) is 1. The topological polar surface area (TPSA) is 46.5 Å². The molecule has 1 aromatic rings. The van der Waals surface area contributed by atoms with E-state index >= 15 is 0 Å². The first-order chi connectivity index (χ1) is 7.50. The molecular formula is C12H13FO3.